The number of rotatable bonds is 3. The summed E-state index contributed by atoms with van der Waals surface area (Å²) in [5.74, 6) is 0.176. The van der Waals surface area contributed by atoms with E-state index in [2.05, 4.69) is 21.9 Å². The van der Waals surface area contributed by atoms with E-state index in [1.807, 2.05) is 20.8 Å². The van der Waals surface area contributed by atoms with Gasteiger partial charge < -0.3 is 15.0 Å². The first kappa shape index (κ1) is 17.1. The van der Waals surface area contributed by atoms with Gasteiger partial charge in [-0.1, -0.05) is 27.4 Å². The lowest BCUT2D eigenvalue weighted by molar-refractivity contribution is -0.141. The van der Waals surface area contributed by atoms with E-state index in [0.717, 1.165) is 0 Å². The fourth-order valence-electron chi connectivity index (χ4n) is 2.14. The van der Waals surface area contributed by atoms with Gasteiger partial charge in [-0.25, -0.2) is 9.97 Å². The normalized spacial score (nSPS) is 18.4. The van der Waals surface area contributed by atoms with Gasteiger partial charge in [0.1, 0.15) is 5.82 Å². The second-order valence-electron chi connectivity index (χ2n) is 6.38. The lowest BCUT2D eigenvalue weighted by atomic mass is 9.96. The molecule has 7 heteroatoms. The molecule has 0 bridgehead atoms. The second-order valence-corrected chi connectivity index (χ2v) is 6.38. The number of hydrogen-bond donors (Lipinski definition) is 1. The Hall–Kier alpha value is -2.28. The molecule has 1 fully saturated rings. The highest BCUT2D eigenvalue weighted by atomic mass is 16.5. The Morgan fingerprint density at radius 3 is 2.61 bits per heavy atom. The molecule has 1 aromatic rings. The third kappa shape index (κ3) is 4.35. The van der Waals surface area contributed by atoms with Crippen LogP contribution in [-0.4, -0.2) is 52.5 Å². The van der Waals surface area contributed by atoms with Crippen LogP contribution >= 0.6 is 0 Å². The molecule has 0 spiro atoms. The molecule has 1 N–H and O–H groups in total. The van der Waals surface area contributed by atoms with Gasteiger partial charge >= 0.3 is 0 Å². The summed E-state index contributed by atoms with van der Waals surface area (Å²) in [6.07, 6.45) is 3.66. The zero-order chi connectivity index (χ0) is 17.0. The maximum absolute atomic E-state index is 12.3. The number of morpholine rings is 1. The van der Waals surface area contributed by atoms with E-state index in [4.69, 9.17) is 4.74 Å². The molecule has 1 atom stereocenters. The van der Waals surface area contributed by atoms with Crippen LogP contribution in [0, 0.1) is 0 Å². The van der Waals surface area contributed by atoms with Gasteiger partial charge in [-0.2, -0.15) is 0 Å². The molecule has 1 aliphatic rings. The maximum Gasteiger partial charge on any atom is 0.255 e. The van der Waals surface area contributed by atoms with Crippen molar-refractivity contribution in [3.63, 3.8) is 0 Å². The number of amides is 2. The van der Waals surface area contributed by atoms with Crippen molar-refractivity contribution in [2.24, 2.45) is 0 Å². The van der Waals surface area contributed by atoms with Gasteiger partial charge in [-0.15, -0.1) is 0 Å². The van der Waals surface area contributed by atoms with E-state index in [1.54, 1.807) is 17.3 Å². The average molecular weight is 318 g/mol. The Morgan fingerprint density at radius 2 is 2.04 bits per heavy atom. The lowest BCUT2D eigenvalue weighted by Crippen LogP contribution is -2.49. The lowest BCUT2D eigenvalue weighted by Gasteiger charge is -2.31. The van der Waals surface area contributed by atoms with Crippen LogP contribution in [0.2, 0.25) is 0 Å². The molecule has 0 radical (unpaired) electrons. The predicted octanol–water partition coefficient (Wildman–Crippen LogP) is 1.13. The van der Waals surface area contributed by atoms with Gasteiger partial charge in [-0.3, -0.25) is 9.59 Å². The van der Waals surface area contributed by atoms with Gasteiger partial charge in [0.15, 0.2) is 6.10 Å². The topological polar surface area (TPSA) is 84.4 Å². The highest BCUT2D eigenvalue weighted by Gasteiger charge is 2.28. The molecule has 2 amide bonds. The molecule has 0 aliphatic carbocycles. The summed E-state index contributed by atoms with van der Waals surface area (Å²) >= 11 is 0. The Kier molecular flexibility index (Phi) is 5.10. The quantitative estimate of drug-likeness (QED) is 0.845. The highest BCUT2D eigenvalue weighted by Crippen LogP contribution is 2.18. The number of aromatic nitrogens is 2. The van der Waals surface area contributed by atoms with Gasteiger partial charge in [0.25, 0.3) is 5.91 Å². The predicted molar refractivity (Wildman–Crippen MR) is 85.9 cm³/mol. The molecular weight excluding hydrogens is 296 g/mol. The van der Waals surface area contributed by atoms with Crippen LogP contribution in [0.5, 0.6) is 0 Å². The zero-order valence-electron chi connectivity index (χ0n) is 13.7. The number of carbonyl (C=O) groups excluding carboxylic acids is 2. The van der Waals surface area contributed by atoms with Crippen molar-refractivity contribution in [1.82, 2.24) is 14.9 Å². The van der Waals surface area contributed by atoms with Gasteiger partial charge in [-0.05, 0) is 6.08 Å². The molecule has 2 rings (SSSR count). The Balaban J connectivity index is 1.98. The number of nitrogens with one attached hydrogen (secondary N) is 1. The molecule has 23 heavy (non-hydrogen) atoms. The van der Waals surface area contributed by atoms with Gasteiger partial charge in [0, 0.05) is 12.0 Å². The molecule has 0 saturated carbocycles. The average Bonchev–Trinajstić information content (AvgIpc) is 2.54. The Labute approximate surface area is 135 Å². The van der Waals surface area contributed by atoms with Crippen molar-refractivity contribution in [3.05, 3.63) is 30.9 Å². The summed E-state index contributed by atoms with van der Waals surface area (Å²) < 4.78 is 5.43. The molecular formula is C16H22N4O3. The summed E-state index contributed by atoms with van der Waals surface area (Å²) in [6, 6.07) is 0. The first-order valence-corrected chi connectivity index (χ1v) is 7.47. The van der Waals surface area contributed by atoms with Crippen LogP contribution in [0.4, 0.5) is 5.69 Å². The van der Waals surface area contributed by atoms with E-state index < -0.39 is 6.10 Å². The monoisotopic (exact) mass is 318 g/mol. The van der Waals surface area contributed by atoms with E-state index in [9.17, 15) is 9.59 Å². The van der Waals surface area contributed by atoms with Crippen LogP contribution in [0.15, 0.2) is 25.0 Å². The number of carbonyl (C=O) groups is 2. The molecule has 0 aromatic carbocycles. The first-order valence-electron chi connectivity index (χ1n) is 7.47. The molecule has 124 valence electrons. The summed E-state index contributed by atoms with van der Waals surface area (Å²) in [4.78, 5) is 33.9. The minimum atomic E-state index is -0.713. The molecule has 7 nitrogen and oxygen atoms in total. The van der Waals surface area contributed by atoms with Crippen molar-refractivity contribution in [2.45, 2.75) is 32.3 Å². The molecule has 1 saturated heterocycles. The minimum Gasteiger partial charge on any atom is -0.365 e. The van der Waals surface area contributed by atoms with Crippen LogP contribution in [0.3, 0.4) is 0 Å². The Morgan fingerprint density at radius 1 is 1.39 bits per heavy atom. The summed E-state index contributed by atoms with van der Waals surface area (Å²) in [5.41, 5.74) is 0.347. The third-order valence-corrected chi connectivity index (χ3v) is 3.44. The number of hydrogen-bond acceptors (Lipinski definition) is 5. The van der Waals surface area contributed by atoms with Crippen molar-refractivity contribution < 1.29 is 14.3 Å². The van der Waals surface area contributed by atoms with E-state index >= 15 is 0 Å². The van der Waals surface area contributed by atoms with Crippen LogP contribution in [0.1, 0.15) is 26.6 Å². The van der Waals surface area contributed by atoms with Crippen molar-refractivity contribution in [3.8, 4) is 0 Å². The Bertz CT molecular complexity index is 592. The highest BCUT2D eigenvalue weighted by molar-refractivity contribution is 5.95. The summed E-state index contributed by atoms with van der Waals surface area (Å²) in [7, 11) is 0. The van der Waals surface area contributed by atoms with E-state index in [-0.39, 0.29) is 23.8 Å². The first-order chi connectivity index (χ1) is 10.8. The number of nitrogens with zero attached hydrogens (tertiary/aromatic N) is 3. The molecule has 2 heterocycles. The number of anilines is 1. The minimum absolute atomic E-state index is 0.152. The second kappa shape index (κ2) is 6.87. The van der Waals surface area contributed by atoms with E-state index in [0.29, 0.717) is 24.7 Å². The van der Waals surface area contributed by atoms with Crippen molar-refractivity contribution in [2.75, 3.05) is 25.0 Å². The zero-order valence-corrected chi connectivity index (χ0v) is 13.7. The smallest absolute Gasteiger partial charge is 0.255 e. The third-order valence-electron chi connectivity index (χ3n) is 3.44. The maximum atomic E-state index is 12.3. The van der Waals surface area contributed by atoms with E-state index in [1.165, 1.54) is 6.08 Å². The van der Waals surface area contributed by atoms with Crippen molar-refractivity contribution >= 4 is 17.5 Å². The standard InChI is InChI=1S/C16H22N4O3/c1-5-13(21)20-6-7-23-12(10-20)14(22)19-11-8-17-15(18-9-11)16(2,3)4/h5,8-9,12H,1,6-7,10H2,2-4H3,(H,19,22). The molecule has 1 unspecified atom stereocenters. The largest absolute Gasteiger partial charge is 0.365 e. The summed E-state index contributed by atoms with van der Waals surface area (Å²) in [5, 5.41) is 2.72. The van der Waals surface area contributed by atoms with Gasteiger partial charge in [0.2, 0.25) is 5.91 Å². The van der Waals surface area contributed by atoms with Gasteiger partial charge in [0.05, 0.1) is 31.2 Å². The fourth-order valence-corrected chi connectivity index (χ4v) is 2.14. The molecule has 1 aromatic heterocycles. The number of ether oxygens (including phenoxy) is 1. The fraction of sp³-hybridized carbons (Fsp3) is 0.500. The van der Waals surface area contributed by atoms with Crippen molar-refractivity contribution in [1.29, 1.82) is 0 Å². The molecule has 1 aliphatic heterocycles. The SMILES string of the molecule is C=CC(=O)N1CCOC(C(=O)Nc2cnc(C(C)(C)C)nc2)C1. The van der Waals surface area contributed by atoms with Crippen LogP contribution in [0.25, 0.3) is 0 Å². The summed E-state index contributed by atoms with van der Waals surface area (Å²) in [6.45, 7) is 10.5. The van der Waals surface area contributed by atoms with Crippen LogP contribution in [-0.2, 0) is 19.7 Å². The van der Waals surface area contributed by atoms with Crippen LogP contribution < -0.4 is 5.32 Å².